The highest BCUT2D eigenvalue weighted by molar-refractivity contribution is 5.71. The standard InChI is InChI=1S/C21H24O4/c1-15-9-10-19(17(3)11-15)24-14-21(22)25-13-16(2)12-18-7-5-6-8-20(18)23-4/h5-11,13H,12,14H2,1-4H3/b16-13+. The molecule has 0 saturated heterocycles. The number of carbonyl (C=O) groups excluding carboxylic acids is 1. The maximum absolute atomic E-state index is 11.9. The Morgan fingerprint density at radius 3 is 2.56 bits per heavy atom. The SMILES string of the molecule is COc1ccccc1C/C(C)=C/OC(=O)COc1ccc(C)cc1C. The molecule has 0 saturated carbocycles. The van der Waals surface area contributed by atoms with Crippen LogP contribution in [0, 0.1) is 13.8 Å². The van der Waals surface area contributed by atoms with Crippen LogP contribution in [0.1, 0.15) is 23.6 Å². The van der Waals surface area contributed by atoms with Crippen molar-refractivity contribution in [3.8, 4) is 11.5 Å². The van der Waals surface area contributed by atoms with Gasteiger partial charge in [-0.05, 0) is 49.6 Å². The van der Waals surface area contributed by atoms with Gasteiger partial charge in [-0.1, -0.05) is 35.9 Å². The smallest absolute Gasteiger partial charge is 0.348 e. The van der Waals surface area contributed by atoms with E-state index in [1.807, 2.05) is 63.2 Å². The van der Waals surface area contributed by atoms with Crippen molar-refractivity contribution in [2.45, 2.75) is 27.2 Å². The normalized spacial score (nSPS) is 11.1. The van der Waals surface area contributed by atoms with E-state index >= 15 is 0 Å². The summed E-state index contributed by atoms with van der Waals surface area (Å²) >= 11 is 0. The fourth-order valence-corrected chi connectivity index (χ4v) is 2.49. The quantitative estimate of drug-likeness (QED) is 0.554. The summed E-state index contributed by atoms with van der Waals surface area (Å²) in [5, 5.41) is 0. The van der Waals surface area contributed by atoms with Gasteiger partial charge in [0, 0.05) is 6.42 Å². The molecule has 0 aliphatic heterocycles. The van der Waals surface area contributed by atoms with Crippen molar-refractivity contribution < 1.29 is 19.0 Å². The molecular formula is C21H24O4. The number of methoxy groups -OCH3 is 1. The van der Waals surface area contributed by atoms with Crippen molar-refractivity contribution >= 4 is 5.97 Å². The average Bonchev–Trinajstić information content (AvgIpc) is 2.59. The Hall–Kier alpha value is -2.75. The molecule has 0 heterocycles. The van der Waals surface area contributed by atoms with Gasteiger partial charge < -0.3 is 14.2 Å². The summed E-state index contributed by atoms with van der Waals surface area (Å²) in [4.78, 5) is 11.9. The van der Waals surface area contributed by atoms with Gasteiger partial charge in [0.15, 0.2) is 6.61 Å². The van der Waals surface area contributed by atoms with E-state index in [1.54, 1.807) is 7.11 Å². The predicted molar refractivity (Wildman–Crippen MR) is 98.0 cm³/mol. The second kappa shape index (κ2) is 8.92. The highest BCUT2D eigenvalue weighted by Crippen LogP contribution is 2.21. The van der Waals surface area contributed by atoms with Gasteiger partial charge in [0.1, 0.15) is 11.5 Å². The Morgan fingerprint density at radius 1 is 1.08 bits per heavy atom. The lowest BCUT2D eigenvalue weighted by Crippen LogP contribution is -2.13. The minimum Gasteiger partial charge on any atom is -0.496 e. The third kappa shape index (κ3) is 5.68. The van der Waals surface area contributed by atoms with Gasteiger partial charge in [0.05, 0.1) is 13.4 Å². The van der Waals surface area contributed by atoms with Crippen LogP contribution in [0.4, 0.5) is 0 Å². The van der Waals surface area contributed by atoms with E-state index in [0.717, 1.165) is 28.0 Å². The lowest BCUT2D eigenvalue weighted by Gasteiger charge is -2.10. The Kier molecular flexibility index (Phi) is 6.63. The zero-order valence-corrected chi connectivity index (χ0v) is 15.2. The second-order valence-electron chi connectivity index (χ2n) is 6.00. The number of rotatable bonds is 7. The Bertz CT molecular complexity index is 762. The van der Waals surface area contributed by atoms with E-state index in [-0.39, 0.29) is 6.61 Å². The molecule has 132 valence electrons. The lowest BCUT2D eigenvalue weighted by atomic mass is 10.1. The van der Waals surface area contributed by atoms with Crippen LogP contribution in [-0.2, 0) is 16.0 Å². The number of hydrogen-bond donors (Lipinski definition) is 0. The van der Waals surface area contributed by atoms with Crippen molar-refractivity contribution in [1.82, 2.24) is 0 Å². The van der Waals surface area contributed by atoms with Crippen molar-refractivity contribution in [3.63, 3.8) is 0 Å². The molecule has 0 spiro atoms. The van der Waals surface area contributed by atoms with Gasteiger partial charge in [0.2, 0.25) is 0 Å². The topological polar surface area (TPSA) is 44.8 Å². The molecule has 0 atom stereocenters. The van der Waals surface area contributed by atoms with Crippen LogP contribution >= 0.6 is 0 Å². The van der Waals surface area contributed by atoms with E-state index in [2.05, 4.69) is 0 Å². The lowest BCUT2D eigenvalue weighted by molar-refractivity contribution is -0.140. The number of esters is 1. The zero-order chi connectivity index (χ0) is 18.2. The van der Waals surface area contributed by atoms with Gasteiger partial charge >= 0.3 is 5.97 Å². The van der Waals surface area contributed by atoms with Crippen molar-refractivity contribution in [2.75, 3.05) is 13.7 Å². The molecule has 0 fully saturated rings. The fourth-order valence-electron chi connectivity index (χ4n) is 2.49. The Labute approximate surface area is 149 Å². The molecule has 25 heavy (non-hydrogen) atoms. The molecule has 2 aromatic rings. The van der Waals surface area contributed by atoms with Crippen molar-refractivity contribution in [3.05, 3.63) is 71.0 Å². The number of para-hydroxylation sites is 1. The maximum Gasteiger partial charge on any atom is 0.348 e. The van der Waals surface area contributed by atoms with Gasteiger partial charge in [-0.3, -0.25) is 0 Å². The number of hydrogen-bond acceptors (Lipinski definition) is 4. The number of aryl methyl sites for hydroxylation is 2. The van der Waals surface area contributed by atoms with Crippen LogP contribution in [-0.4, -0.2) is 19.7 Å². The molecule has 2 rings (SSSR count). The highest BCUT2D eigenvalue weighted by atomic mass is 16.6. The zero-order valence-electron chi connectivity index (χ0n) is 15.2. The minimum atomic E-state index is -0.431. The van der Waals surface area contributed by atoms with E-state index in [4.69, 9.17) is 14.2 Å². The number of benzene rings is 2. The van der Waals surface area contributed by atoms with E-state index < -0.39 is 5.97 Å². The summed E-state index contributed by atoms with van der Waals surface area (Å²) in [6.07, 6.45) is 2.12. The molecular weight excluding hydrogens is 316 g/mol. The molecule has 0 aliphatic carbocycles. The van der Waals surface area contributed by atoms with Crippen LogP contribution in [0.15, 0.2) is 54.3 Å². The summed E-state index contributed by atoms with van der Waals surface area (Å²) in [7, 11) is 1.64. The van der Waals surface area contributed by atoms with Crippen molar-refractivity contribution in [2.24, 2.45) is 0 Å². The first kappa shape index (κ1) is 18.6. The number of carbonyl (C=O) groups is 1. The molecule has 0 bridgehead atoms. The van der Waals surface area contributed by atoms with Gasteiger partial charge in [0.25, 0.3) is 0 Å². The summed E-state index contributed by atoms with van der Waals surface area (Å²) in [5.41, 5.74) is 4.11. The predicted octanol–water partition coefficient (Wildman–Crippen LogP) is 4.38. The van der Waals surface area contributed by atoms with Gasteiger partial charge in [-0.15, -0.1) is 0 Å². The molecule has 4 heteroatoms. The van der Waals surface area contributed by atoms with E-state index in [9.17, 15) is 4.79 Å². The molecule has 0 unspecified atom stereocenters. The highest BCUT2D eigenvalue weighted by Gasteiger charge is 2.07. The average molecular weight is 340 g/mol. The third-order valence-corrected chi connectivity index (χ3v) is 3.73. The molecule has 0 radical (unpaired) electrons. The molecule has 0 amide bonds. The molecule has 2 aromatic carbocycles. The van der Waals surface area contributed by atoms with Crippen molar-refractivity contribution in [1.29, 1.82) is 0 Å². The first-order valence-electron chi connectivity index (χ1n) is 8.16. The molecule has 4 nitrogen and oxygen atoms in total. The summed E-state index contributed by atoms with van der Waals surface area (Å²) in [5.74, 6) is 1.08. The van der Waals surface area contributed by atoms with E-state index in [1.165, 1.54) is 6.26 Å². The second-order valence-corrected chi connectivity index (χ2v) is 6.00. The summed E-state index contributed by atoms with van der Waals surface area (Å²) < 4.78 is 16.0. The minimum absolute atomic E-state index is 0.123. The Morgan fingerprint density at radius 2 is 1.84 bits per heavy atom. The number of allylic oxidation sites excluding steroid dienone is 1. The first-order chi connectivity index (χ1) is 12.0. The summed E-state index contributed by atoms with van der Waals surface area (Å²) in [6, 6.07) is 13.6. The molecule has 0 N–H and O–H groups in total. The molecule has 0 aliphatic rings. The van der Waals surface area contributed by atoms with Crippen LogP contribution in [0.25, 0.3) is 0 Å². The van der Waals surface area contributed by atoms with Crippen LogP contribution < -0.4 is 9.47 Å². The fraction of sp³-hybridized carbons (Fsp3) is 0.286. The molecule has 0 aromatic heterocycles. The maximum atomic E-state index is 11.9. The van der Waals surface area contributed by atoms with Crippen LogP contribution in [0.3, 0.4) is 0 Å². The van der Waals surface area contributed by atoms with Gasteiger partial charge in [-0.2, -0.15) is 0 Å². The Balaban J connectivity index is 1.86. The monoisotopic (exact) mass is 340 g/mol. The van der Waals surface area contributed by atoms with E-state index in [0.29, 0.717) is 12.2 Å². The largest absolute Gasteiger partial charge is 0.496 e. The first-order valence-corrected chi connectivity index (χ1v) is 8.16. The summed E-state index contributed by atoms with van der Waals surface area (Å²) in [6.45, 7) is 5.75. The van der Waals surface area contributed by atoms with Gasteiger partial charge in [-0.25, -0.2) is 4.79 Å². The number of ether oxygens (including phenoxy) is 3. The van der Waals surface area contributed by atoms with Crippen LogP contribution in [0.2, 0.25) is 0 Å². The third-order valence-electron chi connectivity index (χ3n) is 3.73. The van der Waals surface area contributed by atoms with Crippen LogP contribution in [0.5, 0.6) is 11.5 Å².